The SMILES string of the molecule is CN(C)C(CNCCNC(=O)OC(C)(C)C)c1cccs1. The Morgan fingerprint density at radius 3 is 2.62 bits per heavy atom. The molecule has 0 bridgehead atoms. The minimum absolute atomic E-state index is 0.353. The van der Waals surface area contributed by atoms with Crippen molar-refractivity contribution >= 4 is 17.4 Å². The second-order valence-corrected chi connectivity index (χ2v) is 7.11. The van der Waals surface area contributed by atoms with Crippen LogP contribution >= 0.6 is 11.3 Å². The van der Waals surface area contributed by atoms with E-state index in [0.29, 0.717) is 12.6 Å². The lowest BCUT2D eigenvalue weighted by molar-refractivity contribution is 0.0528. The fourth-order valence-electron chi connectivity index (χ4n) is 1.82. The molecule has 1 atom stereocenters. The average molecular weight is 313 g/mol. The second kappa shape index (κ2) is 8.36. The largest absolute Gasteiger partial charge is 0.444 e. The number of rotatable bonds is 7. The van der Waals surface area contributed by atoms with Crippen LogP contribution in [0.15, 0.2) is 17.5 Å². The quantitative estimate of drug-likeness (QED) is 0.759. The van der Waals surface area contributed by atoms with Crippen LogP contribution in [0.2, 0.25) is 0 Å². The minimum atomic E-state index is -0.452. The number of hydrogen-bond donors (Lipinski definition) is 2. The molecular weight excluding hydrogens is 286 g/mol. The Morgan fingerprint density at radius 2 is 2.10 bits per heavy atom. The van der Waals surface area contributed by atoms with E-state index in [1.54, 1.807) is 11.3 Å². The van der Waals surface area contributed by atoms with Crippen molar-refractivity contribution < 1.29 is 9.53 Å². The fraction of sp³-hybridized carbons (Fsp3) is 0.667. The van der Waals surface area contributed by atoms with Gasteiger partial charge in [0.15, 0.2) is 0 Å². The van der Waals surface area contributed by atoms with Gasteiger partial charge < -0.3 is 20.3 Å². The van der Waals surface area contributed by atoms with Crippen LogP contribution in [0.1, 0.15) is 31.7 Å². The molecule has 1 rings (SSSR count). The van der Waals surface area contributed by atoms with Crippen LogP contribution in [0.5, 0.6) is 0 Å². The van der Waals surface area contributed by atoms with E-state index in [1.165, 1.54) is 4.88 Å². The standard InChI is InChI=1S/C15H27N3O2S/c1-15(2,3)20-14(19)17-9-8-16-11-12(18(4)5)13-7-6-10-21-13/h6-7,10,12,16H,8-9,11H2,1-5H3,(H,17,19). The van der Waals surface area contributed by atoms with Crippen LogP contribution in [-0.4, -0.2) is 50.3 Å². The lowest BCUT2D eigenvalue weighted by atomic mass is 10.2. The Hall–Kier alpha value is -1.11. The number of hydrogen-bond acceptors (Lipinski definition) is 5. The van der Waals surface area contributed by atoms with Crippen molar-refractivity contribution in [1.29, 1.82) is 0 Å². The smallest absolute Gasteiger partial charge is 0.407 e. The van der Waals surface area contributed by atoms with E-state index in [4.69, 9.17) is 4.74 Å². The highest BCUT2D eigenvalue weighted by molar-refractivity contribution is 7.10. The van der Waals surface area contributed by atoms with Crippen molar-refractivity contribution in [2.24, 2.45) is 0 Å². The maximum Gasteiger partial charge on any atom is 0.407 e. The van der Waals surface area contributed by atoms with Crippen LogP contribution in [-0.2, 0) is 4.74 Å². The molecule has 6 heteroatoms. The Balaban J connectivity index is 2.22. The first kappa shape index (κ1) is 17.9. The first-order valence-corrected chi connectivity index (χ1v) is 8.05. The number of carbonyl (C=O) groups is 1. The molecule has 0 spiro atoms. The van der Waals surface area contributed by atoms with Crippen molar-refractivity contribution in [3.63, 3.8) is 0 Å². The molecule has 0 aromatic carbocycles. The first-order valence-electron chi connectivity index (χ1n) is 7.17. The minimum Gasteiger partial charge on any atom is -0.444 e. The summed E-state index contributed by atoms with van der Waals surface area (Å²) < 4.78 is 5.18. The maximum absolute atomic E-state index is 11.5. The fourth-order valence-corrected chi connectivity index (χ4v) is 2.75. The lowest BCUT2D eigenvalue weighted by Crippen LogP contribution is -2.38. The predicted octanol–water partition coefficient (Wildman–Crippen LogP) is 2.47. The van der Waals surface area contributed by atoms with Gasteiger partial charge in [-0.15, -0.1) is 11.3 Å². The molecule has 120 valence electrons. The molecule has 0 saturated carbocycles. The van der Waals surface area contributed by atoms with Crippen LogP contribution in [0.25, 0.3) is 0 Å². The number of likely N-dealkylation sites (N-methyl/N-ethyl adjacent to an activating group) is 1. The van der Waals surface area contributed by atoms with Gasteiger partial charge in [0.2, 0.25) is 0 Å². The molecule has 21 heavy (non-hydrogen) atoms. The van der Waals surface area contributed by atoms with Crippen molar-refractivity contribution in [3.05, 3.63) is 22.4 Å². The summed E-state index contributed by atoms with van der Waals surface area (Å²) in [5.74, 6) is 0. The van der Waals surface area contributed by atoms with Crippen molar-refractivity contribution in [2.45, 2.75) is 32.4 Å². The maximum atomic E-state index is 11.5. The highest BCUT2D eigenvalue weighted by Gasteiger charge is 2.16. The van der Waals surface area contributed by atoms with Crippen molar-refractivity contribution in [2.75, 3.05) is 33.7 Å². The third kappa shape index (κ3) is 7.45. The number of carbonyl (C=O) groups excluding carboxylic acids is 1. The van der Waals surface area contributed by atoms with Gasteiger partial charge in [0, 0.05) is 24.5 Å². The zero-order valence-electron chi connectivity index (χ0n) is 13.6. The van der Waals surface area contributed by atoms with Gasteiger partial charge in [0.1, 0.15) is 5.60 Å². The van der Waals surface area contributed by atoms with Gasteiger partial charge >= 0.3 is 6.09 Å². The molecule has 0 aliphatic carbocycles. The summed E-state index contributed by atoms with van der Waals surface area (Å²) in [4.78, 5) is 15.0. The average Bonchev–Trinajstić information content (AvgIpc) is 2.84. The number of ether oxygens (including phenoxy) is 1. The molecule has 1 unspecified atom stereocenters. The van der Waals surface area contributed by atoms with Crippen LogP contribution in [0.4, 0.5) is 4.79 Å². The van der Waals surface area contributed by atoms with Gasteiger partial charge in [0.05, 0.1) is 6.04 Å². The number of amides is 1. The predicted molar refractivity (Wildman–Crippen MR) is 87.9 cm³/mol. The van der Waals surface area contributed by atoms with E-state index >= 15 is 0 Å². The number of nitrogens with zero attached hydrogens (tertiary/aromatic N) is 1. The monoisotopic (exact) mass is 313 g/mol. The molecule has 2 N–H and O–H groups in total. The summed E-state index contributed by atoms with van der Waals surface area (Å²) >= 11 is 1.76. The molecule has 0 aliphatic rings. The highest BCUT2D eigenvalue weighted by Crippen LogP contribution is 2.22. The first-order chi connectivity index (χ1) is 9.79. The third-order valence-corrected chi connectivity index (χ3v) is 3.78. The summed E-state index contributed by atoms with van der Waals surface area (Å²) in [6, 6.07) is 4.57. The lowest BCUT2D eigenvalue weighted by Gasteiger charge is -2.24. The van der Waals surface area contributed by atoms with Crippen molar-refractivity contribution in [1.82, 2.24) is 15.5 Å². The topological polar surface area (TPSA) is 53.6 Å². The van der Waals surface area contributed by atoms with Gasteiger partial charge in [-0.05, 0) is 46.3 Å². The summed E-state index contributed by atoms with van der Waals surface area (Å²) in [5.41, 5.74) is -0.452. The molecule has 0 radical (unpaired) electrons. The third-order valence-electron chi connectivity index (χ3n) is 2.80. The van der Waals surface area contributed by atoms with E-state index < -0.39 is 5.60 Å². The number of alkyl carbamates (subject to hydrolysis) is 1. The summed E-state index contributed by atoms with van der Waals surface area (Å²) in [6.45, 7) is 7.69. The van der Waals surface area contributed by atoms with E-state index in [-0.39, 0.29) is 6.09 Å². The Kier molecular flexibility index (Phi) is 7.14. The van der Waals surface area contributed by atoms with Gasteiger partial charge in [-0.3, -0.25) is 0 Å². The van der Waals surface area contributed by atoms with Gasteiger partial charge in [-0.2, -0.15) is 0 Å². The normalized spacial score (nSPS) is 13.2. The zero-order chi connectivity index (χ0) is 15.9. The molecule has 0 fully saturated rings. The van der Waals surface area contributed by atoms with Crippen LogP contribution in [0.3, 0.4) is 0 Å². The van der Waals surface area contributed by atoms with Gasteiger partial charge in [0.25, 0.3) is 0 Å². The Bertz CT molecular complexity index is 413. The van der Waals surface area contributed by atoms with E-state index in [2.05, 4.69) is 47.1 Å². The van der Waals surface area contributed by atoms with E-state index in [1.807, 2.05) is 20.8 Å². The molecule has 0 aliphatic heterocycles. The van der Waals surface area contributed by atoms with Crippen molar-refractivity contribution in [3.8, 4) is 0 Å². The van der Waals surface area contributed by atoms with Gasteiger partial charge in [-0.25, -0.2) is 4.79 Å². The van der Waals surface area contributed by atoms with Gasteiger partial charge in [-0.1, -0.05) is 6.07 Å². The Morgan fingerprint density at radius 1 is 1.38 bits per heavy atom. The molecular formula is C15H27N3O2S. The molecule has 1 heterocycles. The van der Waals surface area contributed by atoms with E-state index in [9.17, 15) is 4.79 Å². The Labute approximate surface area is 131 Å². The molecule has 1 aromatic rings. The summed E-state index contributed by atoms with van der Waals surface area (Å²) in [7, 11) is 4.15. The highest BCUT2D eigenvalue weighted by atomic mass is 32.1. The zero-order valence-corrected chi connectivity index (χ0v) is 14.4. The number of thiophene rings is 1. The molecule has 1 amide bonds. The van der Waals surface area contributed by atoms with E-state index in [0.717, 1.165) is 13.1 Å². The van der Waals surface area contributed by atoms with Crippen LogP contribution < -0.4 is 10.6 Å². The summed E-state index contributed by atoms with van der Waals surface area (Å²) in [6.07, 6.45) is -0.369. The molecule has 0 saturated heterocycles. The summed E-state index contributed by atoms with van der Waals surface area (Å²) in [5, 5.41) is 8.20. The second-order valence-electron chi connectivity index (χ2n) is 6.13. The number of nitrogens with one attached hydrogen (secondary N) is 2. The molecule has 5 nitrogen and oxygen atoms in total. The van der Waals surface area contributed by atoms with Crippen LogP contribution in [0, 0.1) is 0 Å². The molecule has 1 aromatic heterocycles.